The first-order valence-corrected chi connectivity index (χ1v) is 33.7. The van der Waals surface area contributed by atoms with E-state index in [1.807, 2.05) is 0 Å². The van der Waals surface area contributed by atoms with Crippen molar-refractivity contribution in [1.29, 1.82) is 0 Å². The molecule has 4 nitrogen and oxygen atoms in total. The number of nitrogens with zero attached hydrogens (tertiary/aromatic N) is 1. The maximum absolute atomic E-state index is 14.2. The van der Waals surface area contributed by atoms with Crippen LogP contribution in [0.3, 0.4) is 0 Å². The number of hydrogen-bond acceptors (Lipinski definition) is 3. The van der Waals surface area contributed by atoms with E-state index < -0.39 is 0 Å². The number of esters is 1. The van der Waals surface area contributed by atoms with Crippen LogP contribution in [-0.4, -0.2) is 36.5 Å². The Labute approximate surface area is 454 Å². The molecule has 0 aliphatic rings. The molecule has 0 bridgehead atoms. The van der Waals surface area contributed by atoms with Crippen molar-refractivity contribution in [3.8, 4) is 0 Å². The Morgan fingerprint density at radius 3 is 0.875 bits per heavy atom. The molecular weight excluding hydrogens is 879 g/mol. The van der Waals surface area contributed by atoms with Gasteiger partial charge in [0.05, 0.1) is 13.0 Å². The summed E-state index contributed by atoms with van der Waals surface area (Å²) < 4.78 is 5.75. The van der Waals surface area contributed by atoms with E-state index in [-0.39, 0.29) is 24.2 Å². The molecule has 1 amide bonds. The van der Waals surface area contributed by atoms with Crippen LogP contribution >= 0.6 is 0 Å². The first-order valence-electron chi connectivity index (χ1n) is 33.7. The summed E-state index contributed by atoms with van der Waals surface area (Å²) in [7, 11) is 0. The van der Waals surface area contributed by atoms with E-state index in [1.54, 1.807) is 0 Å². The Morgan fingerprint density at radius 1 is 0.319 bits per heavy atom. The summed E-state index contributed by atoms with van der Waals surface area (Å²) in [5, 5.41) is 0. The van der Waals surface area contributed by atoms with Crippen LogP contribution in [0.15, 0.2) is 12.2 Å². The number of hydrogen-bond donors (Lipinski definition) is 0. The Kier molecular flexibility index (Phi) is 61.1. The third-order valence-corrected chi connectivity index (χ3v) is 16.0. The Morgan fingerprint density at radius 2 is 0.569 bits per heavy atom. The molecule has 0 N–H and O–H groups in total. The summed E-state index contributed by atoms with van der Waals surface area (Å²) in [5.41, 5.74) is 0. The average Bonchev–Trinajstić information content (AvgIpc) is 3.38. The summed E-state index contributed by atoms with van der Waals surface area (Å²) in [4.78, 5) is 29.5. The molecule has 72 heavy (non-hydrogen) atoms. The minimum atomic E-state index is -0.229. The molecule has 0 aliphatic heterocycles. The summed E-state index contributed by atoms with van der Waals surface area (Å²) in [5.74, 6) is -0.155. The zero-order valence-corrected chi connectivity index (χ0v) is 50.1. The van der Waals surface area contributed by atoms with E-state index in [2.05, 4.69) is 44.7 Å². The van der Waals surface area contributed by atoms with Gasteiger partial charge in [-0.05, 0) is 51.4 Å². The summed E-state index contributed by atoms with van der Waals surface area (Å²) >= 11 is 0. The van der Waals surface area contributed by atoms with Crippen LogP contribution in [0.4, 0.5) is 0 Å². The van der Waals surface area contributed by atoms with E-state index in [0.29, 0.717) is 6.61 Å². The number of ether oxygens (including phenoxy) is 1. The van der Waals surface area contributed by atoms with Crippen molar-refractivity contribution in [2.75, 3.05) is 19.7 Å². The van der Waals surface area contributed by atoms with Crippen LogP contribution in [0.5, 0.6) is 0 Å². The minimum Gasteiger partial charge on any atom is -0.466 e. The lowest BCUT2D eigenvalue weighted by atomic mass is 9.95. The molecule has 0 saturated heterocycles. The molecule has 428 valence electrons. The van der Waals surface area contributed by atoms with Gasteiger partial charge in [-0.15, -0.1) is 0 Å². The number of allylic oxidation sites excluding steroid dienone is 2. The maximum atomic E-state index is 14.2. The zero-order chi connectivity index (χ0) is 52.2. The normalized spacial score (nSPS) is 12.1. The van der Waals surface area contributed by atoms with Crippen LogP contribution in [0.1, 0.15) is 387 Å². The number of rotatable bonds is 62. The van der Waals surface area contributed by atoms with Crippen LogP contribution < -0.4 is 0 Å². The average molecular weight is 1010 g/mol. The molecule has 0 rings (SSSR count). The molecule has 0 aliphatic carbocycles. The van der Waals surface area contributed by atoms with Crippen LogP contribution in [-0.2, 0) is 14.3 Å². The van der Waals surface area contributed by atoms with E-state index in [1.165, 1.54) is 315 Å². The quantitative estimate of drug-likeness (QED) is 0.0346. The van der Waals surface area contributed by atoms with Crippen molar-refractivity contribution < 1.29 is 14.3 Å². The molecule has 0 aromatic rings. The molecule has 0 saturated carbocycles. The predicted molar refractivity (Wildman–Crippen MR) is 321 cm³/mol. The first-order chi connectivity index (χ1) is 35.6. The Bertz CT molecular complexity index is 1060. The molecule has 1 unspecified atom stereocenters. The summed E-state index contributed by atoms with van der Waals surface area (Å²) in [6.07, 6.45) is 78.3. The monoisotopic (exact) mass is 1010 g/mol. The van der Waals surface area contributed by atoms with Gasteiger partial charge in [0.1, 0.15) is 0 Å². The highest BCUT2D eigenvalue weighted by Gasteiger charge is 2.27. The highest BCUT2D eigenvalue weighted by atomic mass is 16.5. The molecular formula is C68H133NO3. The molecule has 0 fully saturated rings. The molecule has 0 heterocycles. The van der Waals surface area contributed by atoms with Gasteiger partial charge in [0, 0.05) is 19.0 Å². The zero-order valence-electron chi connectivity index (χ0n) is 50.1. The summed E-state index contributed by atoms with van der Waals surface area (Å²) in [6, 6.07) is 0. The molecule has 0 spiro atoms. The standard InChI is InChI=1S/C68H133NO3/c1-5-9-13-17-21-22-23-24-25-26-27-28-29-30-31-32-33-34-35-36-37-38-39-40-41-42-43-44-45-46-47-48-49-50-51-52-53-57-61-66(65-67(70)72-64-60-56-20-16-12-8-4)68(71)69(62-58-54-18-14-10-6-2)63-59-55-19-15-11-7-3/h34-35,66H,5-33,36-65H2,1-4H3/b35-34+. The van der Waals surface area contributed by atoms with E-state index >= 15 is 0 Å². The molecule has 1 atom stereocenters. The van der Waals surface area contributed by atoms with Gasteiger partial charge in [-0.2, -0.15) is 0 Å². The second kappa shape index (κ2) is 62.2. The van der Waals surface area contributed by atoms with Crippen molar-refractivity contribution in [3.63, 3.8) is 0 Å². The minimum absolute atomic E-state index is 0.157. The van der Waals surface area contributed by atoms with Crippen LogP contribution in [0.25, 0.3) is 0 Å². The molecule has 0 radical (unpaired) electrons. The number of carbonyl (C=O) groups excluding carboxylic acids is 2. The van der Waals surface area contributed by atoms with Crippen LogP contribution in [0, 0.1) is 5.92 Å². The fourth-order valence-electron chi connectivity index (χ4n) is 10.9. The van der Waals surface area contributed by atoms with Gasteiger partial charge in [-0.3, -0.25) is 9.59 Å². The van der Waals surface area contributed by atoms with Crippen molar-refractivity contribution in [3.05, 3.63) is 12.2 Å². The van der Waals surface area contributed by atoms with Crippen LogP contribution in [0.2, 0.25) is 0 Å². The first kappa shape index (κ1) is 70.7. The third kappa shape index (κ3) is 54.9. The van der Waals surface area contributed by atoms with Gasteiger partial charge >= 0.3 is 5.97 Å². The van der Waals surface area contributed by atoms with E-state index in [4.69, 9.17) is 4.74 Å². The van der Waals surface area contributed by atoms with E-state index in [9.17, 15) is 9.59 Å². The number of unbranched alkanes of at least 4 members (excludes halogenated alkanes) is 49. The SMILES string of the molecule is CCCCCCCCCCCCCCCCCC/C=C/CCCCCCCCCCCCCCCCCCCCC(CC(=O)OCCCCCCCC)C(=O)N(CCCCCCCC)CCCCCCCC. The molecule has 0 aromatic heterocycles. The highest BCUT2D eigenvalue weighted by Crippen LogP contribution is 2.22. The van der Waals surface area contributed by atoms with Gasteiger partial charge in [0.15, 0.2) is 0 Å². The third-order valence-electron chi connectivity index (χ3n) is 16.0. The second-order valence-corrected chi connectivity index (χ2v) is 23.3. The van der Waals surface area contributed by atoms with Crippen molar-refractivity contribution >= 4 is 11.9 Å². The lowest BCUT2D eigenvalue weighted by Crippen LogP contribution is -2.38. The van der Waals surface area contributed by atoms with Crippen molar-refractivity contribution in [2.45, 2.75) is 387 Å². The number of carbonyl (C=O) groups is 2. The maximum Gasteiger partial charge on any atom is 0.306 e. The summed E-state index contributed by atoms with van der Waals surface area (Å²) in [6.45, 7) is 11.3. The largest absolute Gasteiger partial charge is 0.466 e. The van der Waals surface area contributed by atoms with Gasteiger partial charge < -0.3 is 9.64 Å². The lowest BCUT2D eigenvalue weighted by Gasteiger charge is -2.27. The predicted octanol–water partition coefficient (Wildman–Crippen LogP) is 23.5. The smallest absolute Gasteiger partial charge is 0.306 e. The number of amides is 1. The van der Waals surface area contributed by atoms with Gasteiger partial charge in [-0.1, -0.05) is 342 Å². The highest BCUT2D eigenvalue weighted by molar-refractivity contribution is 5.83. The fourth-order valence-corrected chi connectivity index (χ4v) is 10.9. The molecule has 4 heteroatoms. The van der Waals surface area contributed by atoms with Gasteiger partial charge in [0.2, 0.25) is 5.91 Å². The second-order valence-electron chi connectivity index (χ2n) is 23.3. The molecule has 0 aromatic carbocycles. The van der Waals surface area contributed by atoms with Gasteiger partial charge in [-0.25, -0.2) is 0 Å². The fraction of sp³-hybridized carbons (Fsp3) is 0.941. The Balaban J connectivity index is 4.05. The van der Waals surface area contributed by atoms with E-state index in [0.717, 1.165) is 51.6 Å². The van der Waals surface area contributed by atoms with Gasteiger partial charge in [0.25, 0.3) is 0 Å². The topological polar surface area (TPSA) is 46.6 Å². The lowest BCUT2D eigenvalue weighted by molar-refractivity contribution is -0.149. The van der Waals surface area contributed by atoms with Crippen molar-refractivity contribution in [2.24, 2.45) is 5.92 Å². The van der Waals surface area contributed by atoms with Crippen molar-refractivity contribution in [1.82, 2.24) is 4.90 Å². The Hall–Kier alpha value is -1.32.